The van der Waals surface area contributed by atoms with E-state index < -0.39 is 22.8 Å². The number of nitro groups is 1. The third-order valence-corrected chi connectivity index (χ3v) is 3.71. The predicted octanol–water partition coefficient (Wildman–Crippen LogP) is 3.24. The van der Waals surface area contributed by atoms with Gasteiger partial charge in [0.2, 0.25) is 5.78 Å². The van der Waals surface area contributed by atoms with Crippen LogP contribution in [0.2, 0.25) is 0 Å². The number of nitro benzene ring substituents is 1. The average Bonchev–Trinajstić information content (AvgIpc) is 3.23. The highest BCUT2D eigenvalue weighted by atomic mass is 16.6. The van der Waals surface area contributed by atoms with Gasteiger partial charge in [-0.3, -0.25) is 19.7 Å². The molecule has 0 bridgehead atoms. The van der Waals surface area contributed by atoms with Gasteiger partial charge in [0.15, 0.2) is 11.9 Å². The molecule has 0 saturated carbocycles. The molecular weight excluding hydrogens is 350 g/mol. The van der Waals surface area contributed by atoms with E-state index in [0.29, 0.717) is 11.3 Å². The summed E-state index contributed by atoms with van der Waals surface area (Å²) in [5, 5.41) is 16.3. The van der Waals surface area contributed by atoms with Crippen molar-refractivity contribution in [1.29, 1.82) is 0 Å². The van der Waals surface area contributed by atoms with Gasteiger partial charge in [-0.1, -0.05) is 36.4 Å². The van der Waals surface area contributed by atoms with Crippen molar-refractivity contribution in [3.05, 3.63) is 94.4 Å². The fourth-order valence-corrected chi connectivity index (χ4v) is 2.42. The van der Waals surface area contributed by atoms with Crippen LogP contribution in [0.1, 0.15) is 20.9 Å². The van der Waals surface area contributed by atoms with Gasteiger partial charge >= 0.3 is 0 Å². The number of benzene rings is 2. The molecule has 0 spiro atoms. The highest BCUT2D eigenvalue weighted by Gasteiger charge is 2.24. The molecule has 1 heterocycles. The maximum Gasteiger partial charge on any atom is 0.288 e. The monoisotopic (exact) mass is 365 g/mol. The Labute approximate surface area is 154 Å². The summed E-state index contributed by atoms with van der Waals surface area (Å²) in [5.74, 6) is -0.948. The first-order valence-corrected chi connectivity index (χ1v) is 7.99. The second-order valence-electron chi connectivity index (χ2n) is 5.57. The summed E-state index contributed by atoms with van der Waals surface area (Å²) in [6.07, 6.45) is 0.198. The van der Waals surface area contributed by atoms with Gasteiger partial charge in [0.25, 0.3) is 11.6 Å². The van der Waals surface area contributed by atoms with Crippen LogP contribution in [-0.4, -0.2) is 22.8 Å². The number of hydrogen-bond acceptors (Lipinski definition) is 6. The van der Waals surface area contributed by atoms with Crippen LogP contribution in [0.25, 0.3) is 0 Å². The first-order chi connectivity index (χ1) is 13.0. The average molecular weight is 365 g/mol. The van der Waals surface area contributed by atoms with Crippen molar-refractivity contribution in [2.75, 3.05) is 5.32 Å². The molecule has 1 aromatic heterocycles. The topological polar surface area (TPSA) is 114 Å². The minimum Gasteiger partial charge on any atom is -0.459 e. The second kappa shape index (κ2) is 7.96. The van der Waals surface area contributed by atoms with E-state index in [1.807, 2.05) is 0 Å². The van der Waals surface area contributed by atoms with Gasteiger partial charge in [-0.15, -0.1) is 0 Å². The number of non-ortho nitro benzene ring substituents is 1. The molecule has 136 valence electrons. The minimum atomic E-state index is -1.15. The summed E-state index contributed by atoms with van der Waals surface area (Å²) in [6, 6.07) is 17.1. The normalized spacial score (nSPS) is 11.4. The number of amides is 1. The fraction of sp³-hybridized carbons (Fsp3) is 0.0526. The lowest BCUT2D eigenvalue weighted by Crippen LogP contribution is -2.46. The summed E-state index contributed by atoms with van der Waals surface area (Å²) >= 11 is 0. The number of ketones is 1. The lowest BCUT2D eigenvalue weighted by Gasteiger charge is -2.20. The molecule has 1 amide bonds. The van der Waals surface area contributed by atoms with Crippen molar-refractivity contribution in [2.24, 2.45) is 0 Å². The van der Waals surface area contributed by atoms with E-state index in [-0.39, 0.29) is 11.4 Å². The largest absolute Gasteiger partial charge is 0.459 e. The molecule has 8 nitrogen and oxygen atoms in total. The Balaban J connectivity index is 1.87. The highest BCUT2D eigenvalue weighted by molar-refractivity contribution is 6.04. The lowest BCUT2D eigenvalue weighted by molar-refractivity contribution is -0.384. The maximum atomic E-state index is 12.8. The zero-order chi connectivity index (χ0) is 19.2. The van der Waals surface area contributed by atoms with E-state index in [9.17, 15) is 19.7 Å². The Morgan fingerprint density at radius 2 is 1.78 bits per heavy atom. The van der Waals surface area contributed by atoms with Gasteiger partial charge in [-0.2, -0.15) is 0 Å². The molecule has 0 saturated heterocycles. The van der Waals surface area contributed by atoms with Crippen LogP contribution in [0, 0.1) is 10.1 Å². The van der Waals surface area contributed by atoms with Crippen LogP contribution in [-0.2, 0) is 0 Å². The molecule has 27 heavy (non-hydrogen) atoms. The predicted molar refractivity (Wildman–Crippen MR) is 97.5 cm³/mol. The molecule has 1 atom stereocenters. The molecule has 0 aliphatic carbocycles. The Morgan fingerprint density at radius 1 is 1.00 bits per heavy atom. The van der Waals surface area contributed by atoms with E-state index >= 15 is 0 Å². The summed E-state index contributed by atoms with van der Waals surface area (Å²) in [4.78, 5) is 35.6. The van der Waals surface area contributed by atoms with E-state index in [1.165, 1.54) is 30.5 Å². The van der Waals surface area contributed by atoms with Gasteiger partial charge in [0.05, 0.1) is 11.2 Å². The van der Waals surface area contributed by atoms with Gasteiger partial charge in [0, 0.05) is 23.4 Å². The van der Waals surface area contributed by atoms with Crippen molar-refractivity contribution < 1.29 is 18.9 Å². The summed E-state index contributed by atoms with van der Waals surface area (Å²) in [5.41, 5.74) is 0.557. The highest BCUT2D eigenvalue weighted by Crippen LogP contribution is 2.18. The first-order valence-electron chi connectivity index (χ1n) is 7.99. The zero-order valence-corrected chi connectivity index (χ0v) is 14.0. The molecule has 2 N–H and O–H groups in total. The first kappa shape index (κ1) is 17.9. The van der Waals surface area contributed by atoms with Crippen LogP contribution >= 0.6 is 0 Å². The Morgan fingerprint density at radius 3 is 2.44 bits per heavy atom. The van der Waals surface area contributed by atoms with Crippen molar-refractivity contribution in [3.63, 3.8) is 0 Å². The molecule has 3 aromatic rings. The summed E-state index contributed by atoms with van der Waals surface area (Å²) in [7, 11) is 0. The zero-order valence-electron chi connectivity index (χ0n) is 14.0. The fourth-order valence-electron chi connectivity index (χ4n) is 2.42. The number of hydrogen-bond donors (Lipinski definition) is 2. The van der Waals surface area contributed by atoms with Gasteiger partial charge in [-0.05, 0) is 18.2 Å². The van der Waals surface area contributed by atoms with E-state index in [2.05, 4.69) is 10.6 Å². The molecule has 3 rings (SSSR count). The third kappa shape index (κ3) is 4.37. The number of rotatable bonds is 7. The number of nitrogens with one attached hydrogen (secondary N) is 2. The quantitative estimate of drug-likeness (QED) is 0.287. The van der Waals surface area contributed by atoms with Crippen LogP contribution in [0.5, 0.6) is 0 Å². The van der Waals surface area contributed by atoms with Gasteiger partial charge in [0.1, 0.15) is 0 Å². The summed E-state index contributed by atoms with van der Waals surface area (Å²) in [6.45, 7) is 0. The Hall–Kier alpha value is -3.94. The van der Waals surface area contributed by atoms with E-state index in [1.54, 1.807) is 42.5 Å². The van der Waals surface area contributed by atoms with Crippen molar-refractivity contribution in [2.45, 2.75) is 6.17 Å². The number of Topliss-reactive ketones (excluding diaryl/α,β-unsaturated/α-hetero) is 1. The Kier molecular flexibility index (Phi) is 5.27. The molecule has 0 aliphatic heterocycles. The molecule has 0 radical (unpaired) electrons. The SMILES string of the molecule is O=C(NC(Nc1cccc([N+](=O)[O-])c1)C(=O)c1ccccc1)c1ccco1. The summed E-state index contributed by atoms with van der Waals surface area (Å²) < 4.78 is 5.04. The van der Waals surface area contributed by atoms with Crippen LogP contribution in [0.15, 0.2) is 77.4 Å². The molecular formula is C19H15N3O5. The standard InChI is InChI=1S/C19H15N3O5/c23-17(13-6-2-1-3-7-13)18(21-19(24)16-10-5-11-27-16)20-14-8-4-9-15(12-14)22(25)26/h1-12,18,20H,(H,21,24). The number of carbonyl (C=O) groups excluding carboxylic acids is 2. The molecule has 0 aliphatic rings. The number of nitrogens with zero attached hydrogens (tertiary/aromatic N) is 1. The van der Waals surface area contributed by atoms with Gasteiger partial charge in [-0.25, -0.2) is 0 Å². The smallest absolute Gasteiger partial charge is 0.288 e. The minimum absolute atomic E-state index is 0.0432. The number of furan rings is 1. The second-order valence-corrected chi connectivity index (χ2v) is 5.57. The van der Waals surface area contributed by atoms with Gasteiger partial charge < -0.3 is 15.1 Å². The van der Waals surface area contributed by atoms with E-state index in [0.717, 1.165) is 0 Å². The van der Waals surface area contributed by atoms with Crippen molar-refractivity contribution >= 4 is 23.1 Å². The van der Waals surface area contributed by atoms with Crippen LogP contribution in [0.4, 0.5) is 11.4 Å². The lowest BCUT2D eigenvalue weighted by atomic mass is 10.1. The van der Waals surface area contributed by atoms with Crippen molar-refractivity contribution in [1.82, 2.24) is 5.32 Å². The van der Waals surface area contributed by atoms with E-state index in [4.69, 9.17) is 4.42 Å². The molecule has 8 heteroatoms. The number of anilines is 1. The Bertz CT molecular complexity index is 954. The molecule has 1 unspecified atom stereocenters. The van der Waals surface area contributed by atoms with Crippen molar-refractivity contribution in [3.8, 4) is 0 Å². The maximum absolute atomic E-state index is 12.8. The molecule has 2 aromatic carbocycles. The molecule has 0 fully saturated rings. The number of carbonyl (C=O) groups is 2. The van der Waals surface area contributed by atoms with Crippen LogP contribution < -0.4 is 10.6 Å². The third-order valence-electron chi connectivity index (χ3n) is 3.71. The van der Waals surface area contributed by atoms with Crippen LogP contribution in [0.3, 0.4) is 0 Å².